The molecule has 0 saturated carbocycles. The van der Waals surface area contributed by atoms with Crippen molar-refractivity contribution in [1.82, 2.24) is 9.78 Å². The molecule has 0 bridgehead atoms. The minimum atomic E-state index is 0.172. The van der Waals surface area contributed by atoms with Crippen molar-refractivity contribution >= 4 is 17.4 Å². The molecule has 0 amide bonds. The van der Waals surface area contributed by atoms with Gasteiger partial charge in [0.25, 0.3) is 0 Å². The van der Waals surface area contributed by atoms with E-state index in [0.717, 1.165) is 17.7 Å². The van der Waals surface area contributed by atoms with E-state index in [0.29, 0.717) is 18.0 Å². The molecule has 2 aromatic rings. The summed E-state index contributed by atoms with van der Waals surface area (Å²) in [6.45, 7) is 2.58. The monoisotopic (exact) mass is 262 g/mol. The van der Waals surface area contributed by atoms with Crippen LogP contribution in [0.3, 0.4) is 0 Å². The van der Waals surface area contributed by atoms with Crippen LogP contribution in [0.4, 0.5) is 0 Å². The van der Waals surface area contributed by atoms with E-state index in [1.165, 1.54) is 0 Å². The maximum Gasteiger partial charge on any atom is 0.162 e. The summed E-state index contributed by atoms with van der Waals surface area (Å²) in [5.74, 6) is 0.172. The van der Waals surface area contributed by atoms with Crippen LogP contribution in [0.15, 0.2) is 36.5 Å². The molecule has 2 rings (SSSR count). The molecule has 0 atom stereocenters. The van der Waals surface area contributed by atoms with E-state index in [1.54, 1.807) is 10.9 Å². The van der Waals surface area contributed by atoms with Gasteiger partial charge in [-0.15, -0.1) is 0 Å². The van der Waals surface area contributed by atoms with E-state index in [4.69, 9.17) is 11.6 Å². The Morgan fingerprint density at radius 1 is 1.33 bits per heavy atom. The fraction of sp³-hybridized carbons (Fsp3) is 0.286. The molecule has 18 heavy (non-hydrogen) atoms. The number of carbonyl (C=O) groups excluding carboxylic acids is 1. The maximum atomic E-state index is 11.9. The first-order chi connectivity index (χ1) is 8.66. The van der Waals surface area contributed by atoms with Crippen LogP contribution in [-0.2, 0) is 6.54 Å². The fourth-order valence-corrected chi connectivity index (χ4v) is 1.93. The molecule has 0 spiro atoms. The zero-order valence-corrected chi connectivity index (χ0v) is 11.0. The number of hydrogen-bond donors (Lipinski definition) is 0. The molecule has 0 N–H and O–H groups in total. The second-order valence-electron chi connectivity index (χ2n) is 4.22. The highest BCUT2D eigenvalue weighted by Gasteiger charge is 2.06. The summed E-state index contributed by atoms with van der Waals surface area (Å²) in [5, 5.41) is 4.92. The molecular formula is C14H15ClN2O. The molecule has 0 radical (unpaired) electrons. The average molecular weight is 263 g/mol. The van der Waals surface area contributed by atoms with E-state index in [2.05, 4.69) is 5.10 Å². The Labute approximate surface area is 111 Å². The molecule has 0 aliphatic heterocycles. The number of nitrogens with zero attached hydrogens (tertiary/aromatic N) is 2. The van der Waals surface area contributed by atoms with E-state index >= 15 is 0 Å². The number of hydrogen-bond acceptors (Lipinski definition) is 2. The number of carbonyl (C=O) groups is 1. The largest absolute Gasteiger partial charge is 0.294 e. The van der Waals surface area contributed by atoms with E-state index < -0.39 is 0 Å². The van der Waals surface area contributed by atoms with Crippen molar-refractivity contribution < 1.29 is 4.79 Å². The summed E-state index contributed by atoms with van der Waals surface area (Å²) in [4.78, 5) is 11.9. The molecule has 0 aliphatic carbocycles. The van der Waals surface area contributed by atoms with Gasteiger partial charge in [-0.3, -0.25) is 9.48 Å². The molecule has 1 heterocycles. The van der Waals surface area contributed by atoms with Gasteiger partial charge in [0.2, 0.25) is 0 Å². The highest BCUT2D eigenvalue weighted by Crippen LogP contribution is 2.13. The van der Waals surface area contributed by atoms with Crippen molar-refractivity contribution in [2.75, 3.05) is 0 Å². The molecule has 3 nitrogen and oxygen atoms in total. The second-order valence-corrected chi connectivity index (χ2v) is 4.63. The zero-order chi connectivity index (χ0) is 13.0. The lowest BCUT2D eigenvalue weighted by Gasteiger charge is -2.01. The minimum Gasteiger partial charge on any atom is -0.294 e. The Bertz CT molecular complexity index is 514. The molecule has 1 aromatic carbocycles. The number of rotatable bonds is 5. The molecular weight excluding hydrogens is 248 g/mol. The first kappa shape index (κ1) is 12.8. The number of benzene rings is 1. The Kier molecular flexibility index (Phi) is 4.15. The van der Waals surface area contributed by atoms with Crippen LogP contribution in [0.25, 0.3) is 0 Å². The first-order valence-electron chi connectivity index (χ1n) is 5.94. The van der Waals surface area contributed by atoms with Gasteiger partial charge < -0.3 is 0 Å². The SMILES string of the molecule is Cc1nn(CCCC(=O)c2ccccc2)cc1Cl. The molecule has 0 fully saturated rings. The van der Waals surface area contributed by atoms with Crippen LogP contribution in [-0.4, -0.2) is 15.6 Å². The van der Waals surface area contributed by atoms with Crippen molar-refractivity contribution in [3.8, 4) is 0 Å². The summed E-state index contributed by atoms with van der Waals surface area (Å²) in [6, 6.07) is 9.35. The molecule has 1 aromatic heterocycles. The summed E-state index contributed by atoms with van der Waals surface area (Å²) in [5.41, 5.74) is 1.60. The standard InChI is InChI=1S/C14H15ClN2O/c1-11-13(15)10-17(16-11)9-5-8-14(18)12-6-3-2-4-7-12/h2-4,6-7,10H,5,8-9H2,1H3. The first-order valence-corrected chi connectivity index (χ1v) is 6.32. The third-order valence-electron chi connectivity index (χ3n) is 2.77. The molecule has 0 aliphatic rings. The Hall–Kier alpha value is -1.61. The van der Waals surface area contributed by atoms with E-state index in [9.17, 15) is 4.79 Å². The van der Waals surface area contributed by atoms with Gasteiger partial charge in [0.05, 0.1) is 10.7 Å². The quantitative estimate of drug-likeness (QED) is 0.773. The topological polar surface area (TPSA) is 34.9 Å². The van der Waals surface area contributed by atoms with Crippen molar-refractivity contribution in [1.29, 1.82) is 0 Å². The molecule has 0 saturated heterocycles. The normalized spacial score (nSPS) is 10.6. The van der Waals surface area contributed by atoms with Crippen molar-refractivity contribution in [2.45, 2.75) is 26.3 Å². The van der Waals surface area contributed by atoms with Gasteiger partial charge in [0, 0.05) is 24.7 Å². The van der Waals surface area contributed by atoms with E-state index in [1.807, 2.05) is 37.3 Å². The highest BCUT2D eigenvalue weighted by atomic mass is 35.5. The van der Waals surface area contributed by atoms with Crippen molar-refractivity contribution in [2.24, 2.45) is 0 Å². The Morgan fingerprint density at radius 2 is 2.06 bits per heavy atom. The fourth-order valence-electron chi connectivity index (χ4n) is 1.78. The lowest BCUT2D eigenvalue weighted by atomic mass is 10.1. The lowest BCUT2D eigenvalue weighted by molar-refractivity contribution is 0.0978. The molecule has 94 valence electrons. The van der Waals surface area contributed by atoms with Gasteiger partial charge in [-0.25, -0.2) is 0 Å². The smallest absolute Gasteiger partial charge is 0.162 e. The number of aryl methyl sites for hydroxylation is 2. The van der Waals surface area contributed by atoms with Crippen LogP contribution in [0.1, 0.15) is 28.9 Å². The second kappa shape index (κ2) is 5.83. The third kappa shape index (κ3) is 3.20. The van der Waals surface area contributed by atoms with Crippen molar-refractivity contribution in [3.05, 3.63) is 52.8 Å². The van der Waals surface area contributed by atoms with Crippen molar-refractivity contribution in [3.63, 3.8) is 0 Å². The summed E-state index contributed by atoms with van der Waals surface area (Å²) < 4.78 is 1.79. The van der Waals surface area contributed by atoms with Gasteiger partial charge in [0.15, 0.2) is 5.78 Å². The molecule has 4 heteroatoms. The number of aromatic nitrogens is 2. The van der Waals surface area contributed by atoms with E-state index in [-0.39, 0.29) is 5.78 Å². The number of Topliss-reactive ketones (excluding diaryl/α,β-unsaturated/α-hetero) is 1. The van der Waals surface area contributed by atoms with Crippen LogP contribution >= 0.6 is 11.6 Å². The summed E-state index contributed by atoms with van der Waals surface area (Å²) in [7, 11) is 0. The van der Waals surface area contributed by atoms with Crippen LogP contribution < -0.4 is 0 Å². The zero-order valence-electron chi connectivity index (χ0n) is 10.3. The third-order valence-corrected chi connectivity index (χ3v) is 3.14. The van der Waals surface area contributed by atoms with Gasteiger partial charge in [0.1, 0.15) is 0 Å². The van der Waals surface area contributed by atoms with Gasteiger partial charge in [-0.05, 0) is 13.3 Å². The van der Waals surface area contributed by atoms with Gasteiger partial charge in [-0.2, -0.15) is 5.10 Å². The van der Waals surface area contributed by atoms with Crippen LogP contribution in [0, 0.1) is 6.92 Å². The Balaban J connectivity index is 1.84. The van der Waals surface area contributed by atoms with Gasteiger partial charge >= 0.3 is 0 Å². The summed E-state index contributed by atoms with van der Waals surface area (Å²) in [6.07, 6.45) is 3.09. The number of ketones is 1. The Morgan fingerprint density at radius 3 is 2.67 bits per heavy atom. The minimum absolute atomic E-state index is 0.172. The molecule has 0 unspecified atom stereocenters. The summed E-state index contributed by atoms with van der Waals surface area (Å²) >= 11 is 5.92. The number of halogens is 1. The van der Waals surface area contributed by atoms with Gasteiger partial charge in [-0.1, -0.05) is 41.9 Å². The average Bonchev–Trinajstić information content (AvgIpc) is 2.69. The maximum absolute atomic E-state index is 11.9. The van der Waals surface area contributed by atoms with Crippen LogP contribution in [0.2, 0.25) is 5.02 Å². The predicted octanol–water partition coefficient (Wildman–Crippen LogP) is 3.51. The predicted molar refractivity (Wildman–Crippen MR) is 72.0 cm³/mol. The lowest BCUT2D eigenvalue weighted by Crippen LogP contribution is -2.04. The highest BCUT2D eigenvalue weighted by molar-refractivity contribution is 6.31. The van der Waals surface area contributed by atoms with Crippen LogP contribution in [0.5, 0.6) is 0 Å².